The topological polar surface area (TPSA) is 20.2 Å². The van der Waals surface area contributed by atoms with Crippen LogP contribution < -0.4 is 0 Å². The van der Waals surface area contributed by atoms with Crippen molar-refractivity contribution in [2.45, 2.75) is 50.6 Å². The number of halogens is 1. The van der Waals surface area contributed by atoms with E-state index in [0.717, 1.165) is 12.8 Å². The van der Waals surface area contributed by atoms with E-state index in [2.05, 4.69) is 50.3 Å². The first-order chi connectivity index (χ1) is 4.84. The van der Waals surface area contributed by atoms with Crippen molar-refractivity contribution in [2.75, 3.05) is 0 Å². The van der Waals surface area contributed by atoms with Crippen molar-refractivity contribution in [3.05, 3.63) is 0 Å². The van der Waals surface area contributed by atoms with E-state index in [1.165, 1.54) is 0 Å². The molecule has 0 aromatic carbocycles. The van der Waals surface area contributed by atoms with Gasteiger partial charge in [-0.3, -0.25) is 0 Å². The molecular formula is C9H19IO. The van der Waals surface area contributed by atoms with Crippen LogP contribution in [0, 0.1) is 5.41 Å². The van der Waals surface area contributed by atoms with E-state index in [0.29, 0.717) is 3.92 Å². The Hall–Kier alpha value is 0.690. The Balaban J connectivity index is 3.61. The van der Waals surface area contributed by atoms with Gasteiger partial charge in [0, 0.05) is 3.92 Å². The standard InChI is InChI=1S/C9H19IO/c1-7(10)5-6-8(11)9(2,3)4/h7-8,11H,5-6H2,1-4H3. The fraction of sp³-hybridized carbons (Fsp3) is 1.00. The quantitative estimate of drug-likeness (QED) is 0.617. The second-order valence-corrected chi connectivity index (χ2v) is 6.37. The monoisotopic (exact) mass is 270 g/mol. The van der Waals surface area contributed by atoms with Crippen LogP contribution in [0.25, 0.3) is 0 Å². The average molecular weight is 270 g/mol. The lowest BCUT2D eigenvalue weighted by Gasteiger charge is -2.26. The molecule has 0 aliphatic rings. The maximum atomic E-state index is 9.63. The molecule has 1 nitrogen and oxygen atoms in total. The van der Waals surface area contributed by atoms with E-state index in [9.17, 15) is 5.11 Å². The van der Waals surface area contributed by atoms with Crippen molar-refractivity contribution in [3.63, 3.8) is 0 Å². The third-order valence-electron chi connectivity index (χ3n) is 1.84. The lowest BCUT2D eigenvalue weighted by atomic mass is 9.86. The fourth-order valence-electron chi connectivity index (χ4n) is 0.821. The molecule has 0 aliphatic heterocycles. The summed E-state index contributed by atoms with van der Waals surface area (Å²) in [5.74, 6) is 0. The van der Waals surface area contributed by atoms with Gasteiger partial charge in [-0.05, 0) is 18.3 Å². The molecule has 0 bridgehead atoms. The van der Waals surface area contributed by atoms with Gasteiger partial charge in [-0.25, -0.2) is 0 Å². The first-order valence-electron chi connectivity index (χ1n) is 4.16. The SMILES string of the molecule is CC(I)CCC(O)C(C)(C)C. The molecule has 2 atom stereocenters. The van der Waals surface area contributed by atoms with E-state index in [1.807, 2.05) is 0 Å². The van der Waals surface area contributed by atoms with Crippen molar-refractivity contribution >= 4 is 22.6 Å². The summed E-state index contributed by atoms with van der Waals surface area (Å²) in [6.45, 7) is 8.41. The second-order valence-electron chi connectivity index (χ2n) is 4.24. The van der Waals surface area contributed by atoms with E-state index in [4.69, 9.17) is 0 Å². The second kappa shape index (κ2) is 4.65. The highest BCUT2D eigenvalue weighted by molar-refractivity contribution is 14.1. The van der Waals surface area contributed by atoms with Gasteiger partial charge in [0.25, 0.3) is 0 Å². The van der Waals surface area contributed by atoms with Crippen LogP contribution in [0.1, 0.15) is 40.5 Å². The summed E-state index contributed by atoms with van der Waals surface area (Å²) < 4.78 is 0.671. The van der Waals surface area contributed by atoms with Crippen molar-refractivity contribution in [2.24, 2.45) is 5.41 Å². The minimum absolute atomic E-state index is 0.0472. The van der Waals surface area contributed by atoms with Gasteiger partial charge in [0.2, 0.25) is 0 Å². The van der Waals surface area contributed by atoms with Crippen LogP contribution >= 0.6 is 22.6 Å². The lowest BCUT2D eigenvalue weighted by molar-refractivity contribution is 0.0544. The smallest absolute Gasteiger partial charge is 0.0588 e. The predicted molar refractivity (Wildman–Crippen MR) is 58.2 cm³/mol. The summed E-state index contributed by atoms with van der Waals surface area (Å²) >= 11 is 2.39. The van der Waals surface area contributed by atoms with E-state index in [-0.39, 0.29) is 11.5 Å². The van der Waals surface area contributed by atoms with E-state index >= 15 is 0 Å². The zero-order valence-corrected chi connectivity index (χ0v) is 10.1. The van der Waals surface area contributed by atoms with E-state index in [1.54, 1.807) is 0 Å². The van der Waals surface area contributed by atoms with Gasteiger partial charge in [-0.15, -0.1) is 0 Å². The van der Waals surface area contributed by atoms with Crippen molar-refractivity contribution in [1.29, 1.82) is 0 Å². The minimum atomic E-state index is -0.153. The Morgan fingerprint density at radius 2 is 1.73 bits per heavy atom. The maximum absolute atomic E-state index is 9.63. The molecule has 0 aromatic rings. The average Bonchev–Trinajstić information content (AvgIpc) is 1.80. The molecule has 0 spiro atoms. The summed E-state index contributed by atoms with van der Waals surface area (Å²) in [5, 5.41) is 9.63. The van der Waals surface area contributed by atoms with Gasteiger partial charge in [0.05, 0.1) is 6.10 Å². The molecule has 1 N–H and O–H groups in total. The molecule has 2 unspecified atom stereocenters. The Morgan fingerprint density at radius 1 is 1.27 bits per heavy atom. The van der Waals surface area contributed by atoms with Crippen LogP contribution in [0.3, 0.4) is 0 Å². The van der Waals surface area contributed by atoms with Crippen molar-refractivity contribution in [3.8, 4) is 0 Å². The van der Waals surface area contributed by atoms with E-state index < -0.39 is 0 Å². The number of hydrogen-bond acceptors (Lipinski definition) is 1. The Kier molecular flexibility index (Phi) is 4.94. The van der Waals surface area contributed by atoms with Gasteiger partial charge in [0.1, 0.15) is 0 Å². The Labute approximate surface area is 83.7 Å². The number of rotatable bonds is 3. The van der Waals surface area contributed by atoms with Gasteiger partial charge in [-0.1, -0.05) is 50.3 Å². The number of aliphatic hydroxyl groups excluding tert-OH is 1. The van der Waals surface area contributed by atoms with Gasteiger partial charge in [-0.2, -0.15) is 0 Å². The molecular weight excluding hydrogens is 251 g/mol. The first kappa shape index (κ1) is 11.7. The lowest BCUT2D eigenvalue weighted by Crippen LogP contribution is -2.26. The predicted octanol–water partition coefficient (Wildman–Crippen LogP) is 3.00. The molecule has 0 heterocycles. The van der Waals surface area contributed by atoms with Gasteiger partial charge < -0.3 is 5.11 Å². The first-order valence-corrected chi connectivity index (χ1v) is 5.40. The highest BCUT2D eigenvalue weighted by Crippen LogP contribution is 2.24. The molecule has 0 amide bonds. The summed E-state index contributed by atoms with van der Waals surface area (Å²) in [7, 11) is 0. The Bertz CT molecular complexity index is 105. The highest BCUT2D eigenvalue weighted by atomic mass is 127. The minimum Gasteiger partial charge on any atom is -0.393 e. The zero-order valence-electron chi connectivity index (χ0n) is 7.89. The normalized spacial score (nSPS) is 18.0. The fourth-order valence-corrected chi connectivity index (χ4v) is 1.18. The maximum Gasteiger partial charge on any atom is 0.0588 e. The number of hydrogen-bond donors (Lipinski definition) is 1. The third kappa shape index (κ3) is 5.91. The molecule has 0 fully saturated rings. The molecule has 0 saturated heterocycles. The molecule has 0 aromatic heterocycles. The zero-order chi connectivity index (χ0) is 9.07. The van der Waals surface area contributed by atoms with Crippen LogP contribution in [0.4, 0.5) is 0 Å². The molecule has 0 rings (SSSR count). The number of aliphatic hydroxyl groups is 1. The summed E-state index contributed by atoms with van der Waals surface area (Å²) in [5.41, 5.74) is 0.0472. The summed E-state index contributed by atoms with van der Waals surface area (Å²) in [6.07, 6.45) is 1.88. The molecule has 2 heteroatoms. The summed E-state index contributed by atoms with van der Waals surface area (Å²) in [4.78, 5) is 0. The van der Waals surface area contributed by atoms with Crippen LogP contribution in [0.2, 0.25) is 0 Å². The third-order valence-corrected chi connectivity index (χ3v) is 2.46. The van der Waals surface area contributed by atoms with Crippen LogP contribution in [0.15, 0.2) is 0 Å². The van der Waals surface area contributed by atoms with Crippen molar-refractivity contribution in [1.82, 2.24) is 0 Å². The Morgan fingerprint density at radius 3 is 2.00 bits per heavy atom. The molecule has 0 radical (unpaired) electrons. The van der Waals surface area contributed by atoms with Crippen LogP contribution in [-0.4, -0.2) is 15.1 Å². The molecule has 68 valence electrons. The molecule has 0 saturated carbocycles. The number of alkyl halides is 1. The largest absolute Gasteiger partial charge is 0.393 e. The summed E-state index contributed by atoms with van der Waals surface area (Å²) in [6, 6.07) is 0. The van der Waals surface area contributed by atoms with Crippen molar-refractivity contribution < 1.29 is 5.11 Å². The van der Waals surface area contributed by atoms with Gasteiger partial charge >= 0.3 is 0 Å². The van der Waals surface area contributed by atoms with Crippen LogP contribution in [0.5, 0.6) is 0 Å². The highest BCUT2D eigenvalue weighted by Gasteiger charge is 2.21. The van der Waals surface area contributed by atoms with Gasteiger partial charge in [0.15, 0.2) is 0 Å². The van der Waals surface area contributed by atoms with Crippen LogP contribution in [-0.2, 0) is 0 Å². The molecule has 11 heavy (non-hydrogen) atoms. The molecule has 0 aliphatic carbocycles.